The molecule has 4 rings (SSSR count). The van der Waals surface area contributed by atoms with Crippen LogP contribution in [0.3, 0.4) is 0 Å². The summed E-state index contributed by atoms with van der Waals surface area (Å²) in [7, 11) is 0. The second-order valence-corrected chi connectivity index (χ2v) is 27.3. The average molecular weight is 577 g/mol. The minimum atomic E-state index is -1.94. The van der Waals surface area contributed by atoms with Gasteiger partial charge in [-0.2, -0.15) is 0 Å². The zero-order valence-corrected chi connectivity index (χ0v) is 26.6. The fourth-order valence-corrected chi connectivity index (χ4v) is 25.4. The fourth-order valence-electron chi connectivity index (χ4n) is 5.73. The molecule has 176 valence electrons. The van der Waals surface area contributed by atoms with Gasteiger partial charge in [-0.25, -0.2) is 0 Å². The molecule has 0 bridgehead atoms. The van der Waals surface area contributed by atoms with Gasteiger partial charge in [-0.05, 0) is 0 Å². The number of benzene rings is 2. The molecule has 4 heteroatoms. The van der Waals surface area contributed by atoms with E-state index in [2.05, 4.69) is 104 Å². The number of aryl methyl sites for hydroxylation is 2. The Balaban J connectivity index is 0.00000193. The van der Waals surface area contributed by atoms with Gasteiger partial charge in [0.1, 0.15) is 0 Å². The van der Waals surface area contributed by atoms with E-state index in [1.807, 2.05) is 3.28 Å². The average Bonchev–Trinajstić information content (AvgIpc) is 3.19. The number of hydrogen-bond acceptors (Lipinski definition) is 0. The molecule has 0 aromatic heterocycles. The first-order chi connectivity index (χ1) is 14.6. The van der Waals surface area contributed by atoms with Gasteiger partial charge in [-0.3, -0.25) is 0 Å². The Labute approximate surface area is 221 Å². The van der Waals surface area contributed by atoms with E-state index >= 15 is 0 Å². The fraction of sp³-hybridized carbons (Fsp3) is 0.379. The van der Waals surface area contributed by atoms with Crippen LogP contribution < -0.4 is 0 Å². The van der Waals surface area contributed by atoms with Crippen molar-refractivity contribution in [1.29, 1.82) is 0 Å². The Morgan fingerprint density at radius 3 is 1.97 bits per heavy atom. The van der Waals surface area contributed by atoms with Crippen LogP contribution in [0.25, 0.3) is 5.57 Å². The SMILES string of the molecule is CC1=C(C)C(C)[C]([Zr]([CH]2C=C(c3c(C)ccc(C)c3C)c3ccccc32)=[Si](C)C)=C1C.Cl.Cl. The van der Waals surface area contributed by atoms with E-state index in [-0.39, 0.29) is 30.2 Å². The van der Waals surface area contributed by atoms with Crippen molar-refractivity contribution in [3.8, 4) is 0 Å². The third-order valence-electron chi connectivity index (χ3n) is 7.91. The van der Waals surface area contributed by atoms with Crippen LogP contribution in [0.15, 0.2) is 62.5 Å². The second kappa shape index (κ2) is 10.9. The summed E-state index contributed by atoms with van der Waals surface area (Å²) >= 11 is -1.94. The van der Waals surface area contributed by atoms with Gasteiger partial charge in [-0.1, -0.05) is 0 Å². The van der Waals surface area contributed by atoms with Crippen molar-refractivity contribution < 1.29 is 20.4 Å². The summed E-state index contributed by atoms with van der Waals surface area (Å²) in [5.74, 6) is 0.654. The summed E-state index contributed by atoms with van der Waals surface area (Å²) < 4.78 is 2.58. The van der Waals surface area contributed by atoms with Gasteiger partial charge >= 0.3 is 198 Å². The summed E-state index contributed by atoms with van der Waals surface area (Å²) in [5, 5.41) is 0. The zero-order valence-electron chi connectivity index (χ0n) is 21.5. The van der Waals surface area contributed by atoms with Gasteiger partial charge < -0.3 is 0 Å². The van der Waals surface area contributed by atoms with Crippen molar-refractivity contribution in [3.63, 3.8) is 0 Å². The van der Waals surface area contributed by atoms with E-state index in [1.54, 1.807) is 22.3 Å². The molecule has 33 heavy (non-hydrogen) atoms. The zero-order chi connectivity index (χ0) is 22.6. The number of rotatable bonds is 3. The number of allylic oxidation sites excluding steroid dienone is 5. The van der Waals surface area contributed by atoms with E-state index in [0.717, 1.165) is 0 Å². The quantitative estimate of drug-likeness (QED) is 0.320. The minimum absolute atomic E-state index is 0. The van der Waals surface area contributed by atoms with Crippen LogP contribution in [0.1, 0.15) is 64.7 Å². The molecule has 0 fully saturated rings. The predicted octanol–water partition coefficient (Wildman–Crippen LogP) is 9.07. The van der Waals surface area contributed by atoms with Crippen LogP contribution in [-0.4, -0.2) is 5.43 Å². The van der Waals surface area contributed by atoms with Gasteiger partial charge in [0.15, 0.2) is 0 Å². The Hall–Kier alpha value is -0.660. The van der Waals surface area contributed by atoms with Gasteiger partial charge in [0, 0.05) is 0 Å². The second-order valence-electron chi connectivity index (χ2n) is 9.83. The Morgan fingerprint density at radius 1 is 0.788 bits per heavy atom. The maximum absolute atomic E-state index is 2.72. The van der Waals surface area contributed by atoms with Crippen LogP contribution >= 0.6 is 24.8 Å². The monoisotopic (exact) mass is 574 g/mol. The van der Waals surface area contributed by atoms with Crippen molar-refractivity contribution in [2.75, 3.05) is 0 Å². The molecule has 2 aromatic rings. The van der Waals surface area contributed by atoms with Crippen LogP contribution in [0.5, 0.6) is 0 Å². The van der Waals surface area contributed by atoms with Crippen molar-refractivity contribution in [3.05, 3.63) is 95.9 Å². The molecule has 2 aliphatic carbocycles. The Bertz CT molecular complexity index is 1230. The molecular weight excluding hydrogens is 539 g/mol. The summed E-state index contributed by atoms with van der Waals surface area (Å²) in [6, 6.07) is 13.9. The third kappa shape index (κ3) is 4.75. The molecule has 0 aliphatic heterocycles. The third-order valence-corrected chi connectivity index (χ3v) is 26.5. The summed E-state index contributed by atoms with van der Waals surface area (Å²) in [4.78, 5) is 0. The van der Waals surface area contributed by atoms with Crippen LogP contribution in [0.4, 0.5) is 0 Å². The molecule has 0 saturated heterocycles. The predicted molar refractivity (Wildman–Crippen MR) is 149 cm³/mol. The van der Waals surface area contributed by atoms with E-state index in [4.69, 9.17) is 0 Å². The van der Waals surface area contributed by atoms with Crippen molar-refractivity contribution >= 4 is 35.8 Å². The van der Waals surface area contributed by atoms with Crippen molar-refractivity contribution in [1.82, 2.24) is 0 Å². The Morgan fingerprint density at radius 2 is 1.39 bits per heavy atom. The summed E-state index contributed by atoms with van der Waals surface area (Å²) in [6.45, 7) is 21.7. The molecule has 2 unspecified atom stereocenters. The standard InChI is InChI=1S/C18H17.C9H13.C2H6Si.2ClH.Zr/c1-12-8-9-13(2)18(14(12)3)17-11-10-15-6-4-5-7-16(15)17;1-6-5-7(2)9(4)8(6)3;1-3-2;;;/h4-11H,1-3H3;6H,1-4H3;1-2H3;2*1H;. The molecule has 0 nitrogen and oxygen atoms in total. The number of fused-ring (bicyclic) bond motifs is 1. The molecule has 0 amide bonds. The topological polar surface area (TPSA) is 0 Å². The van der Waals surface area contributed by atoms with E-state index in [0.29, 0.717) is 9.54 Å². The maximum atomic E-state index is 2.72. The smallest absolute Gasteiger partial charge is 0.147 e. The normalized spacial score (nSPS) is 19.1. The first kappa shape index (κ1) is 28.6. The largest absolute Gasteiger partial charge is 0.147 e. The molecule has 2 aromatic carbocycles. The van der Waals surface area contributed by atoms with Gasteiger partial charge in [0.25, 0.3) is 0 Å². The molecule has 0 spiro atoms. The Kier molecular flexibility index (Phi) is 9.48. The van der Waals surface area contributed by atoms with Crippen LogP contribution in [-0.2, 0) is 20.4 Å². The molecule has 2 aliphatic rings. The van der Waals surface area contributed by atoms with E-state index < -0.39 is 20.4 Å². The molecule has 2 atom stereocenters. The number of halogens is 2. The summed E-state index contributed by atoms with van der Waals surface area (Å²) in [5.41, 5.74) is 14.8. The molecule has 0 N–H and O–H groups in total. The number of hydrogen-bond donors (Lipinski definition) is 0. The van der Waals surface area contributed by atoms with Crippen molar-refractivity contribution in [2.24, 2.45) is 5.92 Å². The van der Waals surface area contributed by atoms with Crippen LogP contribution in [0, 0.1) is 26.7 Å². The minimum Gasteiger partial charge on any atom is -0.147 e. The molecular formula is C29H38Cl2SiZr. The van der Waals surface area contributed by atoms with Gasteiger partial charge in [0.2, 0.25) is 0 Å². The van der Waals surface area contributed by atoms with Crippen molar-refractivity contribution in [2.45, 2.75) is 65.2 Å². The van der Waals surface area contributed by atoms with E-state index in [9.17, 15) is 0 Å². The van der Waals surface area contributed by atoms with Crippen LogP contribution in [0.2, 0.25) is 13.1 Å². The molecule has 0 radical (unpaired) electrons. The van der Waals surface area contributed by atoms with E-state index in [1.165, 1.54) is 33.4 Å². The molecule has 0 saturated carbocycles. The van der Waals surface area contributed by atoms with Gasteiger partial charge in [0.05, 0.1) is 0 Å². The first-order valence-corrected chi connectivity index (χ1v) is 20.4. The summed E-state index contributed by atoms with van der Waals surface area (Å²) in [6.07, 6.45) is 2.72. The van der Waals surface area contributed by atoms with Gasteiger partial charge in [-0.15, -0.1) is 24.8 Å². The molecule has 0 heterocycles. The maximum Gasteiger partial charge on any atom is -0.147 e. The first-order valence-electron chi connectivity index (χ1n) is 11.6.